The summed E-state index contributed by atoms with van der Waals surface area (Å²) >= 11 is 2.41. The van der Waals surface area contributed by atoms with Crippen LogP contribution in [0.3, 0.4) is 0 Å². The molecule has 0 spiro atoms. The number of aromatic nitrogens is 2. The Morgan fingerprint density at radius 1 is 1.21 bits per heavy atom. The molecule has 11 heteroatoms. The maximum Gasteiger partial charge on any atom is 0.269 e. The summed E-state index contributed by atoms with van der Waals surface area (Å²) < 4.78 is 14.2. The van der Waals surface area contributed by atoms with Crippen LogP contribution in [-0.4, -0.2) is 26.3 Å². The van der Waals surface area contributed by atoms with Crippen LogP contribution in [0, 0.1) is 15.9 Å². The predicted molar refractivity (Wildman–Crippen MR) is 107 cm³/mol. The molecule has 0 saturated heterocycles. The van der Waals surface area contributed by atoms with Crippen molar-refractivity contribution in [3.8, 4) is 0 Å². The smallest absolute Gasteiger partial charge is 0.269 e. The van der Waals surface area contributed by atoms with Gasteiger partial charge in [0.15, 0.2) is 4.34 Å². The molecule has 0 aliphatic heterocycles. The van der Waals surface area contributed by atoms with E-state index in [1.165, 1.54) is 53.4 Å². The number of nitro benzene ring substituents is 1. The lowest BCUT2D eigenvalue weighted by Gasteiger charge is -2.10. The van der Waals surface area contributed by atoms with Crippen molar-refractivity contribution in [2.24, 2.45) is 0 Å². The number of rotatable bonds is 7. The fraction of sp³-hybridized carbons (Fsp3) is 0.118. The third-order valence-corrected chi connectivity index (χ3v) is 5.54. The number of halogens is 1. The van der Waals surface area contributed by atoms with Crippen molar-refractivity contribution in [1.29, 1.82) is 0 Å². The Hall–Kier alpha value is -3.05. The van der Waals surface area contributed by atoms with Crippen LogP contribution >= 0.6 is 23.1 Å². The van der Waals surface area contributed by atoms with Gasteiger partial charge in [-0.3, -0.25) is 14.9 Å². The molecule has 28 heavy (non-hydrogen) atoms. The van der Waals surface area contributed by atoms with E-state index in [1.807, 2.05) is 0 Å². The van der Waals surface area contributed by atoms with E-state index in [2.05, 4.69) is 20.8 Å². The van der Waals surface area contributed by atoms with Gasteiger partial charge in [0, 0.05) is 17.8 Å². The second-order valence-electron chi connectivity index (χ2n) is 5.53. The molecular weight excluding hydrogens is 405 g/mol. The van der Waals surface area contributed by atoms with E-state index >= 15 is 0 Å². The average Bonchev–Trinajstić information content (AvgIpc) is 3.11. The Balaban J connectivity index is 1.57. The number of nitrogens with zero attached hydrogens (tertiary/aromatic N) is 3. The van der Waals surface area contributed by atoms with E-state index in [-0.39, 0.29) is 11.6 Å². The van der Waals surface area contributed by atoms with E-state index < -0.39 is 16.0 Å². The third kappa shape index (κ3) is 5.02. The van der Waals surface area contributed by atoms with E-state index in [1.54, 1.807) is 25.1 Å². The van der Waals surface area contributed by atoms with Crippen LogP contribution in [0.5, 0.6) is 0 Å². The number of amides is 1. The number of anilines is 3. The SMILES string of the molecule is C[C@@H](Sc1nnc(Nc2ccccc2F)s1)C(=O)Nc1ccc([N+](=O)[O-])cc1. The summed E-state index contributed by atoms with van der Waals surface area (Å²) in [5, 5.41) is 24.1. The van der Waals surface area contributed by atoms with Gasteiger partial charge in [-0.05, 0) is 31.2 Å². The standard InChI is InChI=1S/C17H14FN5O3S2/c1-10(15(24)19-11-6-8-12(9-7-11)23(25)26)27-17-22-21-16(28-17)20-14-5-3-2-4-13(14)18/h2-10H,1H3,(H,19,24)(H,20,21)/t10-/m1/s1. The molecule has 0 fully saturated rings. The molecule has 2 N–H and O–H groups in total. The number of non-ortho nitro benzene ring substituents is 1. The first-order valence-electron chi connectivity index (χ1n) is 7.99. The van der Waals surface area contributed by atoms with Crippen LogP contribution in [0.25, 0.3) is 0 Å². The summed E-state index contributed by atoms with van der Waals surface area (Å²) in [6.07, 6.45) is 0. The lowest BCUT2D eigenvalue weighted by molar-refractivity contribution is -0.384. The Labute approximate surface area is 167 Å². The molecule has 0 radical (unpaired) electrons. The van der Waals surface area contributed by atoms with E-state index in [4.69, 9.17) is 0 Å². The molecule has 0 unspecified atom stereocenters. The number of hydrogen-bond donors (Lipinski definition) is 2. The molecule has 2 aromatic carbocycles. The van der Waals surface area contributed by atoms with Crippen molar-refractivity contribution >= 4 is 51.2 Å². The van der Waals surface area contributed by atoms with E-state index in [0.717, 1.165) is 0 Å². The molecule has 8 nitrogen and oxygen atoms in total. The van der Waals surface area contributed by atoms with Gasteiger partial charge < -0.3 is 10.6 Å². The molecule has 1 aromatic heterocycles. The summed E-state index contributed by atoms with van der Waals surface area (Å²) in [7, 11) is 0. The molecule has 0 aliphatic carbocycles. The van der Waals surface area contributed by atoms with Crippen LogP contribution < -0.4 is 10.6 Å². The molecule has 3 rings (SSSR count). The van der Waals surface area contributed by atoms with Crippen molar-refractivity contribution in [1.82, 2.24) is 10.2 Å². The summed E-state index contributed by atoms with van der Waals surface area (Å²) in [6, 6.07) is 11.8. The topological polar surface area (TPSA) is 110 Å². The second kappa shape index (κ2) is 8.76. The molecule has 0 saturated carbocycles. The number of carbonyl (C=O) groups excluding carboxylic acids is 1. The highest BCUT2D eigenvalue weighted by Gasteiger charge is 2.18. The minimum absolute atomic E-state index is 0.0517. The van der Waals surface area contributed by atoms with Gasteiger partial charge in [-0.25, -0.2) is 4.39 Å². The number of hydrogen-bond acceptors (Lipinski definition) is 8. The average molecular weight is 419 g/mol. The first-order valence-corrected chi connectivity index (χ1v) is 9.69. The highest BCUT2D eigenvalue weighted by Crippen LogP contribution is 2.31. The highest BCUT2D eigenvalue weighted by atomic mass is 32.2. The van der Waals surface area contributed by atoms with Gasteiger partial charge in [0.1, 0.15) is 5.82 Å². The van der Waals surface area contributed by atoms with Gasteiger partial charge in [-0.1, -0.05) is 35.2 Å². The monoisotopic (exact) mass is 419 g/mol. The minimum atomic E-state index is -0.507. The number of carbonyl (C=O) groups is 1. The molecule has 0 bridgehead atoms. The molecule has 0 aliphatic rings. The predicted octanol–water partition coefficient (Wildman–Crippen LogP) is 4.45. The summed E-state index contributed by atoms with van der Waals surface area (Å²) in [5.74, 6) is -0.680. The maximum atomic E-state index is 13.7. The Kier molecular flexibility index (Phi) is 6.16. The largest absolute Gasteiger partial charge is 0.328 e. The van der Waals surface area contributed by atoms with Crippen molar-refractivity contribution < 1.29 is 14.1 Å². The fourth-order valence-electron chi connectivity index (χ4n) is 2.10. The highest BCUT2D eigenvalue weighted by molar-refractivity contribution is 8.02. The maximum absolute atomic E-state index is 13.7. The first-order chi connectivity index (χ1) is 13.4. The Bertz CT molecular complexity index is 996. The summed E-state index contributed by atoms with van der Waals surface area (Å²) in [6.45, 7) is 1.71. The Morgan fingerprint density at radius 2 is 1.93 bits per heavy atom. The van der Waals surface area contributed by atoms with Gasteiger partial charge in [-0.15, -0.1) is 10.2 Å². The van der Waals surface area contributed by atoms with E-state index in [0.29, 0.717) is 20.8 Å². The van der Waals surface area contributed by atoms with E-state index in [9.17, 15) is 19.3 Å². The van der Waals surface area contributed by atoms with Crippen LogP contribution in [0.1, 0.15) is 6.92 Å². The van der Waals surface area contributed by atoms with Gasteiger partial charge in [0.05, 0.1) is 15.9 Å². The van der Waals surface area contributed by atoms with Crippen LogP contribution in [0.4, 0.5) is 26.6 Å². The first kappa shape index (κ1) is 19.7. The lowest BCUT2D eigenvalue weighted by atomic mass is 10.3. The van der Waals surface area contributed by atoms with Crippen molar-refractivity contribution in [2.45, 2.75) is 16.5 Å². The van der Waals surface area contributed by atoms with Crippen LogP contribution in [0.2, 0.25) is 0 Å². The van der Waals surface area contributed by atoms with Gasteiger partial charge >= 0.3 is 0 Å². The van der Waals surface area contributed by atoms with Crippen molar-refractivity contribution in [2.75, 3.05) is 10.6 Å². The number of nitro groups is 1. The second-order valence-corrected chi connectivity index (χ2v) is 8.10. The van der Waals surface area contributed by atoms with Crippen LogP contribution in [0.15, 0.2) is 52.9 Å². The molecule has 1 amide bonds. The quantitative estimate of drug-likeness (QED) is 0.331. The van der Waals surface area contributed by atoms with Gasteiger partial charge in [-0.2, -0.15) is 0 Å². The van der Waals surface area contributed by atoms with Crippen LogP contribution in [-0.2, 0) is 4.79 Å². The molecule has 3 aromatic rings. The zero-order valence-corrected chi connectivity index (χ0v) is 16.1. The molecular formula is C17H14FN5O3S2. The number of nitrogens with one attached hydrogen (secondary N) is 2. The van der Waals surface area contributed by atoms with Crippen molar-refractivity contribution in [3.05, 3.63) is 64.5 Å². The fourth-order valence-corrected chi connectivity index (χ4v) is 4.01. The Morgan fingerprint density at radius 3 is 2.61 bits per heavy atom. The van der Waals surface area contributed by atoms with Gasteiger partial charge in [0.2, 0.25) is 11.0 Å². The number of para-hydroxylation sites is 1. The molecule has 1 atom stereocenters. The minimum Gasteiger partial charge on any atom is -0.328 e. The third-order valence-electron chi connectivity index (χ3n) is 3.51. The zero-order valence-electron chi connectivity index (χ0n) is 14.5. The van der Waals surface area contributed by atoms with Gasteiger partial charge in [0.25, 0.3) is 5.69 Å². The zero-order chi connectivity index (χ0) is 20.1. The van der Waals surface area contributed by atoms with Crippen molar-refractivity contribution in [3.63, 3.8) is 0 Å². The molecule has 1 heterocycles. The lowest BCUT2D eigenvalue weighted by Crippen LogP contribution is -2.22. The number of benzene rings is 2. The summed E-state index contributed by atoms with van der Waals surface area (Å²) in [5.41, 5.74) is 0.700. The normalized spacial score (nSPS) is 11.6. The molecule has 144 valence electrons. The summed E-state index contributed by atoms with van der Waals surface area (Å²) in [4.78, 5) is 22.5. The number of thioether (sulfide) groups is 1.